The summed E-state index contributed by atoms with van der Waals surface area (Å²) >= 11 is 1.26. The van der Waals surface area contributed by atoms with Gasteiger partial charge in [-0.3, -0.25) is 4.79 Å². The Bertz CT molecular complexity index is 1160. The Morgan fingerprint density at radius 2 is 2.07 bits per heavy atom. The van der Waals surface area contributed by atoms with Gasteiger partial charge in [0.1, 0.15) is 23.8 Å². The van der Waals surface area contributed by atoms with Gasteiger partial charge in [0.15, 0.2) is 0 Å². The highest BCUT2D eigenvalue weighted by atomic mass is 32.1. The summed E-state index contributed by atoms with van der Waals surface area (Å²) in [6, 6.07) is 6.93. The van der Waals surface area contributed by atoms with Crippen LogP contribution in [0.4, 0.5) is 9.39 Å². The number of hydrogen-bond donors (Lipinski definition) is 1. The fraction of sp³-hybridized carbons (Fsp3) is 0.176. The zero-order chi connectivity index (χ0) is 19.0. The lowest BCUT2D eigenvalue weighted by Crippen LogP contribution is -2.22. The van der Waals surface area contributed by atoms with Crippen molar-refractivity contribution in [3.05, 3.63) is 46.2 Å². The van der Waals surface area contributed by atoms with Gasteiger partial charge >= 0.3 is 0 Å². The van der Waals surface area contributed by atoms with Crippen molar-refractivity contribution in [3.8, 4) is 22.8 Å². The summed E-state index contributed by atoms with van der Waals surface area (Å²) in [5.74, 6) is 0.664. The maximum absolute atomic E-state index is 13.0. The molecule has 0 bridgehead atoms. The molecule has 0 radical (unpaired) electrons. The molecule has 8 nitrogen and oxygen atoms in total. The van der Waals surface area contributed by atoms with Crippen molar-refractivity contribution in [1.29, 1.82) is 0 Å². The van der Waals surface area contributed by atoms with E-state index < -0.39 is 6.67 Å². The average Bonchev–Trinajstić information content (AvgIpc) is 3.30. The molecule has 0 spiro atoms. The molecule has 0 saturated carbocycles. The SMILES string of the molecule is COc1ccc(-n2nc(-c3cn(CC[18F])nn3)c3csc(N)c3c2=O)cc1. The van der Waals surface area contributed by atoms with E-state index in [1.807, 2.05) is 0 Å². The Morgan fingerprint density at radius 1 is 1.30 bits per heavy atom. The van der Waals surface area contributed by atoms with Crippen molar-refractivity contribution < 1.29 is 9.13 Å². The molecule has 3 heterocycles. The summed E-state index contributed by atoms with van der Waals surface area (Å²) < 4.78 is 20.4. The largest absolute Gasteiger partial charge is 0.497 e. The highest BCUT2D eigenvalue weighted by Crippen LogP contribution is 2.31. The normalized spacial score (nSPS) is 11.2. The molecule has 1 aromatic carbocycles. The second-order valence-corrected chi connectivity index (χ2v) is 6.62. The van der Waals surface area contributed by atoms with E-state index in [0.29, 0.717) is 38.6 Å². The fourth-order valence-electron chi connectivity index (χ4n) is 2.76. The van der Waals surface area contributed by atoms with Crippen LogP contribution in [-0.2, 0) is 6.54 Å². The van der Waals surface area contributed by atoms with Crippen LogP contribution in [0.15, 0.2) is 40.6 Å². The Labute approximate surface area is 156 Å². The van der Waals surface area contributed by atoms with Gasteiger partial charge in [-0.25, -0.2) is 9.07 Å². The van der Waals surface area contributed by atoms with Crippen LogP contribution in [0.5, 0.6) is 5.75 Å². The summed E-state index contributed by atoms with van der Waals surface area (Å²) in [7, 11) is 1.57. The second kappa shape index (κ2) is 6.80. The molecule has 4 aromatic rings. The predicted molar refractivity (Wildman–Crippen MR) is 101 cm³/mol. The predicted octanol–water partition coefficient (Wildman–Crippen LogP) is 2.27. The highest BCUT2D eigenvalue weighted by Gasteiger charge is 2.19. The molecule has 2 N–H and O–H groups in total. The first-order chi connectivity index (χ1) is 13.1. The van der Waals surface area contributed by atoms with E-state index in [9.17, 15) is 9.18 Å². The van der Waals surface area contributed by atoms with Crippen LogP contribution in [0.2, 0.25) is 0 Å². The number of methoxy groups -OCH3 is 1. The van der Waals surface area contributed by atoms with E-state index >= 15 is 0 Å². The minimum absolute atomic E-state index is 0.0973. The minimum Gasteiger partial charge on any atom is -0.497 e. The van der Waals surface area contributed by atoms with Crippen molar-refractivity contribution in [3.63, 3.8) is 0 Å². The number of nitrogens with zero attached hydrogens (tertiary/aromatic N) is 5. The van der Waals surface area contributed by atoms with E-state index in [1.54, 1.807) is 43.0 Å². The first-order valence-corrected chi connectivity index (χ1v) is 8.91. The number of aryl methyl sites for hydroxylation is 1. The van der Waals surface area contributed by atoms with Crippen LogP contribution in [0.3, 0.4) is 0 Å². The van der Waals surface area contributed by atoms with E-state index in [4.69, 9.17) is 10.5 Å². The minimum atomic E-state index is -0.553. The molecule has 27 heavy (non-hydrogen) atoms. The van der Waals surface area contributed by atoms with Gasteiger partial charge < -0.3 is 10.5 Å². The van der Waals surface area contributed by atoms with Crippen molar-refractivity contribution in [2.24, 2.45) is 0 Å². The molecule has 0 amide bonds. The molecule has 0 aliphatic carbocycles. The summed E-state index contributed by atoms with van der Waals surface area (Å²) in [6.07, 6.45) is 1.60. The number of anilines is 1. The van der Waals surface area contributed by atoms with Gasteiger partial charge in [-0.1, -0.05) is 5.21 Å². The van der Waals surface area contributed by atoms with E-state index in [-0.39, 0.29) is 12.1 Å². The molecule has 0 atom stereocenters. The summed E-state index contributed by atoms with van der Waals surface area (Å²) in [6.45, 7) is -0.456. The first kappa shape index (κ1) is 17.2. The number of ether oxygens (including phenoxy) is 1. The Morgan fingerprint density at radius 3 is 2.78 bits per heavy atom. The third-order valence-corrected chi connectivity index (χ3v) is 4.90. The van der Waals surface area contributed by atoms with E-state index in [1.165, 1.54) is 20.7 Å². The van der Waals surface area contributed by atoms with Gasteiger partial charge in [0.25, 0.3) is 5.56 Å². The average molecular weight is 385 g/mol. The number of nitrogen functional groups attached to an aromatic ring is 1. The smallest absolute Gasteiger partial charge is 0.282 e. The van der Waals surface area contributed by atoms with Gasteiger partial charge in [0.05, 0.1) is 35.9 Å². The van der Waals surface area contributed by atoms with Crippen LogP contribution in [0.1, 0.15) is 0 Å². The maximum Gasteiger partial charge on any atom is 0.282 e. The number of fused-ring (bicyclic) bond motifs is 1. The van der Waals surface area contributed by atoms with Crippen LogP contribution >= 0.6 is 11.3 Å². The van der Waals surface area contributed by atoms with Gasteiger partial charge in [0, 0.05) is 10.8 Å². The topological polar surface area (TPSA) is 101 Å². The molecular weight excluding hydrogens is 370 g/mol. The van der Waals surface area contributed by atoms with Crippen LogP contribution < -0.4 is 16.0 Å². The quantitative estimate of drug-likeness (QED) is 0.566. The molecule has 0 aliphatic rings. The number of thiophene rings is 1. The molecule has 0 aliphatic heterocycles. The highest BCUT2D eigenvalue weighted by molar-refractivity contribution is 7.15. The molecule has 10 heteroatoms. The number of rotatable bonds is 5. The first-order valence-electron chi connectivity index (χ1n) is 8.03. The molecule has 138 valence electrons. The molecule has 3 aromatic heterocycles. The molecule has 0 fully saturated rings. The van der Waals surface area contributed by atoms with Crippen molar-refractivity contribution in [2.45, 2.75) is 6.54 Å². The van der Waals surface area contributed by atoms with Crippen LogP contribution in [-0.4, -0.2) is 38.6 Å². The maximum atomic E-state index is 13.0. The van der Waals surface area contributed by atoms with Crippen LogP contribution in [0, 0.1) is 0 Å². The monoisotopic (exact) mass is 385 g/mol. The summed E-state index contributed by atoms with van der Waals surface area (Å²) in [4.78, 5) is 13.0. The number of hydrogen-bond acceptors (Lipinski definition) is 7. The Kier molecular flexibility index (Phi) is 4.32. The number of nitrogens with two attached hydrogens (primary N) is 1. The molecule has 0 saturated heterocycles. The van der Waals surface area contributed by atoms with E-state index in [2.05, 4.69) is 15.4 Å². The lowest BCUT2D eigenvalue weighted by atomic mass is 10.2. The number of halogens is 1. The fourth-order valence-corrected chi connectivity index (χ4v) is 3.55. The summed E-state index contributed by atoms with van der Waals surface area (Å²) in [5, 5.41) is 15.6. The number of benzene rings is 1. The van der Waals surface area contributed by atoms with Gasteiger partial charge in [0.2, 0.25) is 0 Å². The third kappa shape index (κ3) is 2.93. The van der Waals surface area contributed by atoms with Crippen molar-refractivity contribution in [2.75, 3.05) is 19.5 Å². The van der Waals surface area contributed by atoms with E-state index in [0.717, 1.165) is 0 Å². The van der Waals surface area contributed by atoms with Gasteiger partial charge in [-0.15, -0.1) is 16.4 Å². The molecule has 4 rings (SSSR count). The van der Waals surface area contributed by atoms with Crippen LogP contribution in [0.25, 0.3) is 27.8 Å². The zero-order valence-corrected chi connectivity index (χ0v) is 15.1. The molecule has 0 unspecified atom stereocenters. The van der Waals surface area contributed by atoms with Crippen molar-refractivity contribution >= 4 is 27.1 Å². The molecular formula is C17H15FN6O2S. The van der Waals surface area contributed by atoms with Gasteiger partial charge in [-0.2, -0.15) is 9.78 Å². The lowest BCUT2D eigenvalue weighted by Gasteiger charge is -2.09. The lowest BCUT2D eigenvalue weighted by molar-refractivity contribution is 0.414. The zero-order valence-electron chi connectivity index (χ0n) is 14.3. The third-order valence-electron chi connectivity index (χ3n) is 4.09. The van der Waals surface area contributed by atoms with Gasteiger partial charge in [-0.05, 0) is 24.3 Å². The summed E-state index contributed by atoms with van der Waals surface area (Å²) in [5.41, 5.74) is 7.17. The standard InChI is InChI=1S/C17H15FN6O2S/c1-26-11-4-2-10(3-5-11)24-17(25)14-12(9-27-16(14)19)15(21-24)13-8-23(7-6-18)22-20-13/h2-5,8-9H,6-7,19H2,1H3/i18-1. The second-order valence-electron chi connectivity index (χ2n) is 5.71. The van der Waals surface area contributed by atoms with Crippen molar-refractivity contribution in [1.82, 2.24) is 24.8 Å². The number of alkyl halides is 1. The Balaban J connectivity index is 1.95. The Hall–Kier alpha value is -3.27. The number of aromatic nitrogens is 5.